The van der Waals surface area contributed by atoms with E-state index in [4.69, 9.17) is 9.78 Å². The first kappa shape index (κ1) is 16.4. The summed E-state index contributed by atoms with van der Waals surface area (Å²) in [5.74, 6) is 1.23. The molecular weight excluding hydrogens is 326 g/mol. The van der Waals surface area contributed by atoms with Crippen molar-refractivity contribution in [3.8, 4) is 17.5 Å². The Hall–Kier alpha value is -3.04. The summed E-state index contributed by atoms with van der Waals surface area (Å²) >= 11 is 0. The number of piperidine rings is 1. The van der Waals surface area contributed by atoms with Gasteiger partial charge in [-0.15, -0.1) is 0 Å². The summed E-state index contributed by atoms with van der Waals surface area (Å²) in [6, 6.07) is 13.9. The molecule has 0 saturated carbocycles. The van der Waals surface area contributed by atoms with Gasteiger partial charge in [-0.05, 0) is 49.2 Å². The Labute approximate surface area is 152 Å². The van der Waals surface area contributed by atoms with Gasteiger partial charge in [0.15, 0.2) is 0 Å². The summed E-state index contributed by atoms with van der Waals surface area (Å²) in [7, 11) is 0. The standard InChI is InChI=1S/C20H19N5O/c21-12-15-5-3-6-16(11-15)14-25-10-2-1-8-18(25)20-23-19(24-26-20)17-7-4-9-22-13-17/h3-7,9,11,13,18H,1-2,8,10,14H2/t18-/m1/s1. The van der Waals surface area contributed by atoms with Crippen LogP contribution < -0.4 is 0 Å². The van der Waals surface area contributed by atoms with Crippen LogP contribution in [0.4, 0.5) is 0 Å². The predicted octanol–water partition coefficient (Wildman–Crippen LogP) is 3.73. The van der Waals surface area contributed by atoms with Crippen LogP contribution in [0.25, 0.3) is 11.4 Å². The van der Waals surface area contributed by atoms with Crippen molar-refractivity contribution in [3.05, 3.63) is 65.8 Å². The fourth-order valence-corrected chi connectivity index (χ4v) is 3.42. The third kappa shape index (κ3) is 3.48. The van der Waals surface area contributed by atoms with E-state index in [0.717, 1.165) is 43.5 Å². The predicted molar refractivity (Wildman–Crippen MR) is 95.7 cm³/mol. The summed E-state index contributed by atoms with van der Waals surface area (Å²) < 4.78 is 5.59. The van der Waals surface area contributed by atoms with Gasteiger partial charge in [0.1, 0.15) is 0 Å². The fourth-order valence-electron chi connectivity index (χ4n) is 3.42. The Kier molecular flexibility index (Phi) is 4.71. The molecular formula is C20H19N5O. The molecule has 1 aliphatic rings. The number of nitriles is 1. The highest BCUT2D eigenvalue weighted by atomic mass is 16.5. The Morgan fingerprint density at radius 1 is 1.23 bits per heavy atom. The molecule has 0 amide bonds. The van der Waals surface area contributed by atoms with E-state index in [1.165, 1.54) is 0 Å². The molecule has 0 unspecified atom stereocenters. The molecule has 1 aliphatic heterocycles. The summed E-state index contributed by atoms with van der Waals surface area (Å²) in [6.45, 7) is 1.75. The fraction of sp³-hybridized carbons (Fsp3) is 0.300. The van der Waals surface area contributed by atoms with Gasteiger partial charge in [0.05, 0.1) is 17.7 Å². The molecule has 6 nitrogen and oxygen atoms in total. The number of nitrogens with zero attached hydrogens (tertiary/aromatic N) is 5. The van der Waals surface area contributed by atoms with Gasteiger partial charge in [-0.1, -0.05) is 23.7 Å². The molecule has 1 saturated heterocycles. The molecule has 3 aromatic rings. The molecule has 1 fully saturated rings. The molecule has 130 valence electrons. The first-order chi connectivity index (χ1) is 12.8. The molecule has 2 aromatic heterocycles. The summed E-state index contributed by atoms with van der Waals surface area (Å²) in [5.41, 5.74) is 2.67. The first-order valence-corrected chi connectivity index (χ1v) is 8.80. The Balaban J connectivity index is 1.56. The van der Waals surface area contributed by atoms with Crippen LogP contribution in [0, 0.1) is 11.3 Å². The zero-order valence-electron chi connectivity index (χ0n) is 14.4. The van der Waals surface area contributed by atoms with Crippen LogP contribution in [0.5, 0.6) is 0 Å². The van der Waals surface area contributed by atoms with E-state index in [9.17, 15) is 0 Å². The average molecular weight is 345 g/mol. The van der Waals surface area contributed by atoms with Gasteiger partial charge in [-0.25, -0.2) is 0 Å². The van der Waals surface area contributed by atoms with Gasteiger partial charge >= 0.3 is 0 Å². The number of pyridine rings is 1. The van der Waals surface area contributed by atoms with Crippen molar-refractivity contribution in [2.24, 2.45) is 0 Å². The Bertz CT molecular complexity index is 915. The zero-order chi connectivity index (χ0) is 17.8. The highest BCUT2D eigenvalue weighted by Gasteiger charge is 2.29. The van der Waals surface area contributed by atoms with Crippen molar-refractivity contribution in [1.82, 2.24) is 20.0 Å². The van der Waals surface area contributed by atoms with Crippen molar-refractivity contribution >= 4 is 0 Å². The second-order valence-electron chi connectivity index (χ2n) is 6.49. The highest BCUT2D eigenvalue weighted by Crippen LogP contribution is 2.32. The van der Waals surface area contributed by atoms with Gasteiger partial charge in [-0.3, -0.25) is 9.88 Å². The maximum absolute atomic E-state index is 9.11. The molecule has 0 radical (unpaired) electrons. The van der Waals surface area contributed by atoms with E-state index in [2.05, 4.69) is 32.2 Å². The van der Waals surface area contributed by atoms with Gasteiger partial charge in [0, 0.05) is 24.5 Å². The number of aromatic nitrogens is 3. The summed E-state index contributed by atoms with van der Waals surface area (Å²) in [5, 5.41) is 13.2. The molecule has 1 atom stereocenters. The smallest absolute Gasteiger partial charge is 0.244 e. The quantitative estimate of drug-likeness (QED) is 0.717. The molecule has 0 N–H and O–H groups in total. The van der Waals surface area contributed by atoms with Crippen molar-refractivity contribution in [2.45, 2.75) is 31.8 Å². The minimum Gasteiger partial charge on any atom is -0.337 e. The number of hydrogen-bond acceptors (Lipinski definition) is 6. The number of likely N-dealkylation sites (tertiary alicyclic amines) is 1. The second-order valence-corrected chi connectivity index (χ2v) is 6.49. The van der Waals surface area contributed by atoms with Gasteiger partial charge < -0.3 is 4.52 Å². The third-order valence-electron chi connectivity index (χ3n) is 4.70. The highest BCUT2D eigenvalue weighted by molar-refractivity contribution is 5.51. The summed E-state index contributed by atoms with van der Waals surface area (Å²) in [6.07, 6.45) is 6.75. The van der Waals surface area contributed by atoms with Gasteiger partial charge in [0.2, 0.25) is 11.7 Å². The van der Waals surface area contributed by atoms with Crippen LogP contribution in [0.1, 0.15) is 42.3 Å². The van der Waals surface area contributed by atoms with E-state index in [1.54, 1.807) is 12.4 Å². The molecule has 26 heavy (non-hydrogen) atoms. The monoisotopic (exact) mass is 345 g/mol. The first-order valence-electron chi connectivity index (χ1n) is 8.80. The van der Waals surface area contributed by atoms with Crippen molar-refractivity contribution in [3.63, 3.8) is 0 Å². The lowest BCUT2D eigenvalue weighted by atomic mass is 10.0. The largest absolute Gasteiger partial charge is 0.337 e. The van der Waals surface area contributed by atoms with Crippen molar-refractivity contribution < 1.29 is 4.52 Å². The molecule has 0 aliphatic carbocycles. The Morgan fingerprint density at radius 2 is 2.19 bits per heavy atom. The average Bonchev–Trinajstić information content (AvgIpc) is 3.19. The van der Waals surface area contributed by atoms with Crippen LogP contribution >= 0.6 is 0 Å². The van der Waals surface area contributed by atoms with Crippen molar-refractivity contribution in [1.29, 1.82) is 5.26 Å². The molecule has 4 rings (SSSR count). The van der Waals surface area contributed by atoms with Crippen molar-refractivity contribution in [2.75, 3.05) is 6.54 Å². The lowest BCUT2D eigenvalue weighted by Crippen LogP contribution is -2.33. The third-order valence-corrected chi connectivity index (χ3v) is 4.70. The van der Waals surface area contributed by atoms with Gasteiger partial charge in [-0.2, -0.15) is 10.2 Å². The van der Waals surface area contributed by atoms with E-state index < -0.39 is 0 Å². The summed E-state index contributed by atoms with van der Waals surface area (Å²) in [4.78, 5) is 11.1. The molecule has 6 heteroatoms. The van der Waals surface area contributed by atoms with Crippen LogP contribution in [-0.2, 0) is 6.54 Å². The topological polar surface area (TPSA) is 78.8 Å². The molecule has 0 bridgehead atoms. The van der Waals surface area contributed by atoms with Crippen LogP contribution in [0.15, 0.2) is 53.3 Å². The Morgan fingerprint density at radius 3 is 3.04 bits per heavy atom. The maximum atomic E-state index is 9.11. The lowest BCUT2D eigenvalue weighted by Gasteiger charge is -2.33. The normalized spacial score (nSPS) is 17.7. The van der Waals surface area contributed by atoms with E-state index in [0.29, 0.717) is 17.3 Å². The second kappa shape index (κ2) is 7.46. The SMILES string of the molecule is N#Cc1cccc(CN2CCCC[C@@H]2c2nc(-c3cccnc3)no2)c1. The van der Waals surface area contributed by atoms with E-state index in [-0.39, 0.29) is 6.04 Å². The zero-order valence-corrected chi connectivity index (χ0v) is 14.4. The van der Waals surface area contributed by atoms with E-state index in [1.807, 2.05) is 30.3 Å². The van der Waals surface area contributed by atoms with Crippen LogP contribution in [-0.4, -0.2) is 26.6 Å². The molecule has 0 spiro atoms. The minimum absolute atomic E-state index is 0.104. The van der Waals surface area contributed by atoms with Crippen LogP contribution in [0.2, 0.25) is 0 Å². The molecule has 1 aromatic carbocycles. The van der Waals surface area contributed by atoms with Crippen LogP contribution in [0.3, 0.4) is 0 Å². The van der Waals surface area contributed by atoms with Gasteiger partial charge in [0.25, 0.3) is 0 Å². The number of rotatable bonds is 4. The maximum Gasteiger partial charge on any atom is 0.244 e. The lowest BCUT2D eigenvalue weighted by molar-refractivity contribution is 0.111. The number of hydrogen-bond donors (Lipinski definition) is 0. The minimum atomic E-state index is 0.104. The molecule has 3 heterocycles. The number of benzene rings is 1. The van der Waals surface area contributed by atoms with E-state index >= 15 is 0 Å².